The highest BCUT2D eigenvalue weighted by molar-refractivity contribution is 5.63. The first-order chi connectivity index (χ1) is 15.5. The van der Waals surface area contributed by atoms with Gasteiger partial charge in [0.2, 0.25) is 0 Å². The van der Waals surface area contributed by atoms with Gasteiger partial charge >= 0.3 is 0 Å². The van der Waals surface area contributed by atoms with Gasteiger partial charge in [0, 0.05) is 34.9 Å². The van der Waals surface area contributed by atoms with Crippen LogP contribution in [-0.2, 0) is 11.8 Å². The Hall–Kier alpha value is -1.30. The number of likely N-dealkylation sites (tertiary alicyclic amines) is 1. The minimum absolute atomic E-state index is 0.0404. The first-order valence-corrected chi connectivity index (χ1v) is 13.2. The van der Waals surface area contributed by atoms with Gasteiger partial charge in [0.15, 0.2) is 11.5 Å². The van der Waals surface area contributed by atoms with Crippen LogP contribution in [0.25, 0.3) is 0 Å². The number of aliphatic hydroxyl groups is 2. The molecule has 1 unspecified atom stereocenters. The van der Waals surface area contributed by atoms with E-state index in [-0.39, 0.29) is 27.9 Å². The summed E-state index contributed by atoms with van der Waals surface area (Å²) in [6.45, 7) is 10.4. The lowest BCUT2D eigenvalue weighted by Gasteiger charge is -2.75. The molecular weight excluding hydrogens is 414 g/mol. The fourth-order valence-electron chi connectivity index (χ4n) is 9.26. The van der Waals surface area contributed by atoms with Crippen LogP contribution in [0, 0.1) is 22.7 Å². The van der Waals surface area contributed by atoms with Crippen molar-refractivity contribution in [3.05, 3.63) is 23.3 Å². The molecule has 8 rings (SSSR count). The van der Waals surface area contributed by atoms with Crippen molar-refractivity contribution in [2.24, 2.45) is 22.7 Å². The van der Waals surface area contributed by atoms with Gasteiger partial charge in [-0.1, -0.05) is 26.8 Å². The molecule has 4 saturated carbocycles. The molecule has 7 aliphatic rings. The maximum absolute atomic E-state index is 12.5. The molecular formula is C28H39NO4. The van der Waals surface area contributed by atoms with E-state index in [1.807, 2.05) is 6.92 Å². The van der Waals surface area contributed by atoms with Gasteiger partial charge in [-0.15, -0.1) is 0 Å². The first-order valence-electron chi connectivity index (χ1n) is 13.2. The predicted octanol–water partition coefficient (Wildman–Crippen LogP) is 3.76. The molecule has 2 heterocycles. The number of benzene rings is 1. The predicted molar refractivity (Wildman–Crippen MR) is 125 cm³/mol. The average Bonchev–Trinajstić information content (AvgIpc) is 3.48. The van der Waals surface area contributed by atoms with Crippen molar-refractivity contribution in [1.82, 2.24) is 4.90 Å². The molecule has 7 atom stereocenters. The molecule has 4 bridgehead atoms. The van der Waals surface area contributed by atoms with Gasteiger partial charge in [0.25, 0.3) is 0 Å². The highest BCUT2D eigenvalue weighted by Gasteiger charge is 2.81. The van der Waals surface area contributed by atoms with Crippen LogP contribution < -0.4 is 4.74 Å². The highest BCUT2D eigenvalue weighted by atomic mass is 16.5. The minimum atomic E-state index is -1.11. The molecule has 1 aromatic rings. The maximum atomic E-state index is 12.5. The zero-order chi connectivity index (χ0) is 23.2. The molecule has 5 fully saturated rings. The first kappa shape index (κ1) is 21.0. The lowest BCUT2D eigenvalue weighted by molar-refractivity contribution is -0.305. The number of fused-ring (bicyclic) bond motifs is 2. The molecule has 3 N–H and O–H groups in total. The normalized spacial score (nSPS) is 44.8. The Balaban J connectivity index is 1.46. The lowest BCUT2D eigenvalue weighted by atomic mass is 9.33. The zero-order valence-corrected chi connectivity index (χ0v) is 20.5. The van der Waals surface area contributed by atoms with Gasteiger partial charge in [0.1, 0.15) is 11.7 Å². The molecule has 0 amide bonds. The summed E-state index contributed by atoms with van der Waals surface area (Å²) < 4.78 is 6.68. The molecule has 5 nitrogen and oxygen atoms in total. The molecule has 2 aliphatic heterocycles. The van der Waals surface area contributed by atoms with Crippen LogP contribution in [0.4, 0.5) is 0 Å². The average molecular weight is 454 g/mol. The second-order valence-electron chi connectivity index (χ2n) is 13.6. The van der Waals surface area contributed by atoms with Crippen LogP contribution >= 0.6 is 0 Å². The number of phenols is 1. The number of hydrogen-bond acceptors (Lipinski definition) is 5. The molecule has 1 saturated heterocycles. The summed E-state index contributed by atoms with van der Waals surface area (Å²) in [5, 5.41) is 35.3. The van der Waals surface area contributed by atoms with Gasteiger partial charge in [-0.25, -0.2) is 0 Å². The van der Waals surface area contributed by atoms with Gasteiger partial charge in [-0.3, -0.25) is 4.90 Å². The molecule has 180 valence electrons. The Morgan fingerprint density at radius 2 is 1.88 bits per heavy atom. The molecule has 0 radical (unpaired) electrons. The Bertz CT molecular complexity index is 1040. The van der Waals surface area contributed by atoms with E-state index in [9.17, 15) is 15.3 Å². The quantitative estimate of drug-likeness (QED) is 0.650. The summed E-state index contributed by atoms with van der Waals surface area (Å²) in [5.74, 6) is 1.39. The maximum Gasteiger partial charge on any atom is 0.165 e. The third-order valence-corrected chi connectivity index (χ3v) is 11.5. The smallest absolute Gasteiger partial charge is 0.165 e. The highest BCUT2D eigenvalue weighted by Crippen LogP contribution is 2.77. The number of phenolic OH excluding ortho intramolecular Hbond substituents is 1. The number of ether oxygens (including phenoxy) is 1. The topological polar surface area (TPSA) is 73.2 Å². The largest absolute Gasteiger partial charge is 0.504 e. The van der Waals surface area contributed by atoms with E-state index in [1.54, 1.807) is 6.07 Å². The zero-order valence-electron chi connectivity index (χ0n) is 20.5. The second-order valence-corrected chi connectivity index (χ2v) is 13.6. The van der Waals surface area contributed by atoms with Gasteiger partial charge in [-0.2, -0.15) is 0 Å². The number of rotatable bonds is 3. The Morgan fingerprint density at radius 3 is 2.58 bits per heavy atom. The molecule has 0 aromatic heterocycles. The summed E-state index contributed by atoms with van der Waals surface area (Å²) in [5.41, 5.74) is -0.323. The third kappa shape index (κ3) is 2.22. The minimum Gasteiger partial charge on any atom is -0.504 e. The molecule has 1 aromatic carbocycles. The van der Waals surface area contributed by atoms with Gasteiger partial charge in [-0.05, 0) is 81.4 Å². The van der Waals surface area contributed by atoms with Crippen molar-refractivity contribution in [3.63, 3.8) is 0 Å². The summed E-state index contributed by atoms with van der Waals surface area (Å²) in [7, 11) is 0. The fraction of sp³-hybridized carbons (Fsp3) is 0.786. The van der Waals surface area contributed by atoms with Crippen molar-refractivity contribution in [2.45, 2.75) is 101 Å². The van der Waals surface area contributed by atoms with Crippen LogP contribution in [0.2, 0.25) is 0 Å². The van der Waals surface area contributed by atoms with Crippen LogP contribution in [0.15, 0.2) is 12.1 Å². The SMILES string of the molecule is CC(C)(C)[C@](C)(O)[C@H]1CC23CC[C@]1(O)[C@H]1Oc4c(O)ccc5c4[C@]12CCN(CC1CC1)[C@@H]3C5. The standard InChI is InChI=1S/C28H39NO4/c1-24(2,3)25(4,31)19-14-26-9-10-28(19,32)23-27(26)11-12-29(15-16-5-6-16)20(26)13-17-7-8-18(30)22(33-23)21(17)27/h7-8,16,19-20,23,30-32H,5-6,9-15H2,1-4H3/t19-,20-,23+,25-,26?,27-,28-/m1/s1. The molecule has 5 heteroatoms. The lowest BCUT2D eigenvalue weighted by Crippen LogP contribution is -2.82. The van der Waals surface area contributed by atoms with Gasteiger partial charge in [0.05, 0.1) is 5.60 Å². The summed E-state index contributed by atoms with van der Waals surface area (Å²) in [4.78, 5) is 2.77. The summed E-state index contributed by atoms with van der Waals surface area (Å²) in [6.07, 6.45) is 6.71. The van der Waals surface area contributed by atoms with E-state index in [1.165, 1.54) is 30.5 Å². The number of nitrogens with zero attached hydrogens (tertiary/aromatic N) is 1. The third-order valence-electron chi connectivity index (χ3n) is 11.5. The van der Waals surface area contributed by atoms with Crippen molar-refractivity contribution in [1.29, 1.82) is 0 Å². The van der Waals surface area contributed by atoms with Gasteiger partial charge < -0.3 is 20.1 Å². The van der Waals surface area contributed by atoms with Crippen molar-refractivity contribution < 1.29 is 20.1 Å². The second kappa shape index (κ2) is 5.91. The van der Waals surface area contributed by atoms with E-state index in [0.717, 1.165) is 38.1 Å². The monoisotopic (exact) mass is 453 g/mol. The van der Waals surface area contributed by atoms with Crippen LogP contribution in [0.3, 0.4) is 0 Å². The molecule has 5 aliphatic carbocycles. The van der Waals surface area contributed by atoms with E-state index < -0.39 is 17.3 Å². The Morgan fingerprint density at radius 1 is 1.12 bits per heavy atom. The molecule has 2 spiro atoms. The summed E-state index contributed by atoms with van der Waals surface area (Å²) in [6, 6.07) is 4.30. The number of piperidine rings is 1. The van der Waals surface area contributed by atoms with E-state index in [4.69, 9.17) is 4.74 Å². The van der Waals surface area contributed by atoms with Crippen LogP contribution in [0.1, 0.15) is 77.3 Å². The van der Waals surface area contributed by atoms with Crippen LogP contribution in [0.5, 0.6) is 11.5 Å². The van der Waals surface area contributed by atoms with Crippen molar-refractivity contribution >= 4 is 0 Å². The van der Waals surface area contributed by atoms with E-state index in [0.29, 0.717) is 18.2 Å². The number of hydrogen-bond donors (Lipinski definition) is 3. The van der Waals surface area contributed by atoms with E-state index in [2.05, 4.69) is 31.7 Å². The molecule has 33 heavy (non-hydrogen) atoms. The Labute approximate surface area is 197 Å². The fourth-order valence-corrected chi connectivity index (χ4v) is 9.26. The number of aromatic hydroxyl groups is 1. The van der Waals surface area contributed by atoms with Crippen molar-refractivity contribution in [3.8, 4) is 11.5 Å². The van der Waals surface area contributed by atoms with E-state index >= 15 is 0 Å². The van der Waals surface area contributed by atoms with Crippen molar-refractivity contribution in [2.75, 3.05) is 13.1 Å². The van der Waals surface area contributed by atoms with Crippen LogP contribution in [-0.4, -0.2) is 56.7 Å². The summed E-state index contributed by atoms with van der Waals surface area (Å²) >= 11 is 0. The Kier molecular flexibility index (Phi) is 3.76.